The Kier molecular flexibility index (Phi) is 3.25. The van der Waals surface area contributed by atoms with Crippen LogP contribution in [0.5, 0.6) is 5.75 Å². The van der Waals surface area contributed by atoms with Crippen LogP contribution >= 0.6 is 0 Å². The molecule has 4 saturated heterocycles. The molecular formula is C25H24N6O2. The van der Waals surface area contributed by atoms with Crippen LogP contribution in [-0.2, 0) is 13.6 Å². The van der Waals surface area contributed by atoms with Crippen LogP contribution in [0, 0.1) is 5.92 Å². The molecule has 8 heteroatoms. The van der Waals surface area contributed by atoms with E-state index >= 15 is 0 Å². The lowest BCUT2D eigenvalue weighted by Crippen LogP contribution is -2.30. The summed E-state index contributed by atoms with van der Waals surface area (Å²) in [6, 6.07) is 11.3. The largest absolute Gasteiger partial charge is 0.494 e. The number of benzene rings is 1. The fourth-order valence-corrected chi connectivity index (χ4v) is 5.93. The molecule has 4 atom stereocenters. The lowest BCUT2D eigenvalue weighted by atomic mass is 10.1. The van der Waals surface area contributed by atoms with E-state index in [2.05, 4.69) is 31.2 Å². The Morgan fingerprint density at radius 1 is 1.24 bits per heavy atom. The van der Waals surface area contributed by atoms with Crippen molar-refractivity contribution in [2.75, 3.05) is 13.7 Å². The van der Waals surface area contributed by atoms with Gasteiger partial charge >= 0.3 is 0 Å². The molecule has 8 nitrogen and oxygen atoms in total. The number of rotatable bonds is 5. The lowest BCUT2D eigenvalue weighted by Gasteiger charge is -2.15. The molecule has 0 N–H and O–H groups in total. The summed E-state index contributed by atoms with van der Waals surface area (Å²) >= 11 is 0. The third-order valence-corrected chi connectivity index (χ3v) is 7.94. The summed E-state index contributed by atoms with van der Waals surface area (Å²) in [5.41, 5.74) is 4.39. The molecule has 1 amide bonds. The average Bonchev–Trinajstić information content (AvgIpc) is 3.77. The van der Waals surface area contributed by atoms with Crippen LogP contribution < -0.4 is 4.74 Å². The quantitative estimate of drug-likeness (QED) is 0.447. The fraction of sp³-hybridized carbons (Fsp3) is 0.400. The van der Waals surface area contributed by atoms with E-state index in [0.717, 1.165) is 46.7 Å². The van der Waals surface area contributed by atoms with E-state index in [4.69, 9.17) is 9.72 Å². The van der Waals surface area contributed by atoms with E-state index < -0.39 is 0 Å². The summed E-state index contributed by atoms with van der Waals surface area (Å²) in [6.07, 6.45) is 4.72. The number of hydrogen-bond acceptors (Lipinski definition) is 5. The van der Waals surface area contributed by atoms with E-state index in [1.807, 2.05) is 36.3 Å². The number of carbonyl (C=O) groups is 1. The molecule has 4 aromatic rings. The topological polar surface area (TPSA) is 68.2 Å². The minimum atomic E-state index is 0.0759. The summed E-state index contributed by atoms with van der Waals surface area (Å²) in [5.74, 6) is 2.33. The molecule has 166 valence electrons. The van der Waals surface area contributed by atoms with Crippen molar-refractivity contribution < 1.29 is 9.53 Å². The molecular weight excluding hydrogens is 416 g/mol. The van der Waals surface area contributed by atoms with Crippen LogP contribution in [-0.4, -0.2) is 66.7 Å². The normalized spacial score (nSPS) is 26.8. The van der Waals surface area contributed by atoms with Crippen LogP contribution in [0.2, 0.25) is 0 Å². The van der Waals surface area contributed by atoms with Gasteiger partial charge in [0, 0.05) is 43.3 Å². The molecule has 0 radical (unpaired) electrons. The minimum Gasteiger partial charge on any atom is -0.494 e. The van der Waals surface area contributed by atoms with Gasteiger partial charge in [0.05, 0.1) is 24.4 Å². The first kappa shape index (κ1) is 18.1. The van der Waals surface area contributed by atoms with Gasteiger partial charge in [0.1, 0.15) is 23.1 Å². The molecule has 33 heavy (non-hydrogen) atoms. The summed E-state index contributed by atoms with van der Waals surface area (Å²) in [5, 5.41) is 1.12. The molecule has 0 spiro atoms. The summed E-state index contributed by atoms with van der Waals surface area (Å²) in [6.45, 7) is 1.80. The Labute approximate surface area is 190 Å². The number of methoxy groups -OCH3 is 1. The number of amides is 1. The second-order valence-corrected chi connectivity index (χ2v) is 9.92. The van der Waals surface area contributed by atoms with E-state index in [1.165, 1.54) is 12.8 Å². The van der Waals surface area contributed by atoms with Crippen molar-refractivity contribution in [1.29, 1.82) is 0 Å². The van der Waals surface area contributed by atoms with Crippen molar-refractivity contribution in [1.82, 2.24) is 28.9 Å². The van der Waals surface area contributed by atoms with Crippen LogP contribution in [0.15, 0.2) is 36.5 Å². The zero-order valence-electron chi connectivity index (χ0n) is 18.6. The van der Waals surface area contributed by atoms with E-state index in [-0.39, 0.29) is 5.91 Å². The number of piperazine rings is 1. The molecule has 3 aromatic heterocycles. The predicted molar refractivity (Wildman–Crippen MR) is 123 cm³/mol. The fourth-order valence-electron chi connectivity index (χ4n) is 5.93. The van der Waals surface area contributed by atoms with Gasteiger partial charge in [-0.05, 0) is 49.1 Å². The number of imidazole rings is 1. The lowest BCUT2D eigenvalue weighted by molar-refractivity contribution is 0.0776. The van der Waals surface area contributed by atoms with E-state index in [9.17, 15) is 4.79 Å². The molecule has 1 aliphatic carbocycles. The monoisotopic (exact) mass is 440 g/mol. The van der Waals surface area contributed by atoms with Crippen LogP contribution in [0.25, 0.3) is 33.6 Å². The highest BCUT2D eigenvalue weighted by atomic mass is 16.5. The zero-order valence-corrected chi connectivity index (χ0v) is 18.6. The summed E-state index contributed by atoms with van der Waals surface area (Å²) < 4.78 is 10.1. The van der Waals surface area contributed by atoms with Gasteiger partial charge in [0.25, 0.3) is 5.91 Å². The first-order chi connectivity index (χ1) is 16.1. The van der Waals surface area contributed by atoms with Gasteiger partial charge in [0.2, 0.25) is 0 Å². The SMILES string of the molecule is COc1cc(C(=O)N2CC3[C@H]4C2N34)cc2nc(-c3cc4cccnc4n3CC3CC3)n(C)c12. The Balaban J connectivity index is 1.28. The smallest absolute Gasteiger partial charge is 0.255 e. The van der Waals surface area contributed by atoms with Gasteiger partial charge in [-0.15, -0.1) is 0 Å². The third-order valence-electron chi connectivity index (χ3n) is 7.94. The van der Waals surface area contributed by atoms with Gasteiger partial charge in [-0.1, -0.05) is 0 Å². The van der Waals surface area contributed by atoms with E-state index in [0.29, 0.717) is 35.5 Å². The first-order valence-corrected chi connectivity index (χ1v) is 11.7. The Morgan fingerprint density at radius 3 is 2.82 bits per heavy atom. The van der Waals surface area contributed by atoms with Crippen LogP contribution in [0.1, 0.15) is 23.2 Å². The average molecular weight is 441 g/mol. The third kappa shape index (κ3) is 2.36. The maximum Gasteiger partial charge on any atom is 0.255 e. The molecule has 4 aliphatic heterocycles. The van der Waals surface area contributed by atoms with E-state index in [1.54, 1.807) is 7.11 Å². The van der Waals surface area contributed by atoms with Gasteiger partial charge in [-0.25, -0.2) is 9.97 Å². The number of fused-ring (bicyclic) bond motifs is 3. The number of pyridine rings is 1. The first-order valence-electron chi connectivity index (χ1n) is 11.7. The maximum absolute atomic E-state index is 13.3. The molecule has 9 rings (SSSR count). The minimum absolute atomic E-state index is 0.0759. The Morgan fingerprint density at radius 2 is 2.09 bits per heavy atom. The highest BCUT2D eigenvalue weighted by Gasteiger charge is 2.80. The number of nitrogens with zero attached hydrogens (tertiary/aromatic N) is 6. The van der Waals surface area contributed by atoms with Crippen molar-refractivity contribution in [3.63, 3.8) is 0 Å². The summed E-state index contributed by atoms with van der Waals surface area (Å²) in [7, 11) is 3.68. The molecule has 2 bridgehead atoms. The van der Waals surface area contributed by atoms with Crippen molar-refractivity contribution in [2.24, 2.45) is 13.0 Å². The predicted octanol–water partition coefficient (Wildman–Crippen LogP) is 2.86. The Hall–Kier alpha value is -3.39. The Bertz CT molecular complexity index is 1480. The molecule has 1 aromatic carbocycles. The van der Waals surface area contributed by atoms with Crippen LogP contribution in [0.3, 0.4) is 0 Å². The highest BCUT2D eigenvalue weighted by Crippen LogP contribution is 2.59. The van der Waals surface area contributed by atoms with Crippen molar-refractivity contribution in [3.05, 3.63) is 42.1 Å². The number of carbonyl (C=O) groups excluding carboxylic acids is 1. The van der Waals surface area contributed by atoms with Gasteiger partial charge < -0.3 is 18.8 Å². The number of aromatic nitrogens is 4. The van der Waals surface area contributed by atoms with Gasteiger partial charge in [0.15, 0.2) is 5.82 Å². The highest BCUT2D eigenvalue weighted by molar-refractivity contribution is 6.01. The molecule has 5 fully saturated rings. The molecule has 3 unspecified atom stereocenters. The maximum atomic E-state index is 13.3. The second-order valence-electron chi connectivity index (χ2n) is 9.92. The van der Waals surface area contributed by atoms with Crippen molar-refractivity contribution in [3.8, 4) is 17.3 Å². The molecule has 7 heterocycles. The number of ether oxygens (including phenoxy) is 1. The molecule has 1 saturated carbocycles. The van der Waals surface area contributed by atoms with Gasteiger partial charge in [-0.3, -0.25) is 9.69 Å². The number of hydrogen-bond donors (Lipinski definition) is 0. The number of aryl methyl sites for hydroxylation is 1. The standard InChI is InChI=1S/C25H24N6O2/c1-28-20-16(8-15(10-19(20)33-2)25(32)30-12-18-21-24(30)31(18)21)27-23(28)17-9-14-4-3-7-26-22(14)29(17)11-13-5-6-13/h3-4,7-10,13,18,21,24H,5-6,11-12H2,1-2H3/t18?,21-,24?,31?/m0/s1. The zero-order chi connectivity index (χ0) is 22.0. The van der Waals surface area contributed by atoms with Gasteiger partial charge in [-0.2, -0.15) is 0 Å². The summed E-state index contributed by atoms with van der Waals surface area (Å²) in [4.78, 5) is 27.4. The van der Waals surface area contributed by atoms with Crippen LogP contribution in [0.4, 0.5) is 0 Å². The van der Waals surface area contributed by atoms with Crippen molar-refractivity contribution >= 4 is 28.0 Å². The molecule has 5 aliphatic rings. The second kappa shape index (κ2) is 5.94. The van der Waals surface area contributed by atoms with Crippen molar-refractivity contribution in [2.45, 2.75) is 37.6 Å².